The van der Waals surface area contributed by atoms with Gasteiger partial charge in [-0.25, -0.2) is 9.59 Å². The fourth-order valence-corrected chi connectivity index (χ4v) is 1.45. The van der Waals surface area contributed by atoms with Crippen LogP contribution in [0.1, 0.15) is 46.0 Å². The number of carboxylic acid groups (broad SMARTS) is 1. The van der Waals surface area contributed by atoms with Crippen molar-refractivity contribution in [2.45, 2.75) is 55.3 Å². The molecule has 0 saturated carbocycles. The first-order valence-electron chi connectivity index (χ1n) is 5.64. The maximum absolute atomic E-state index is 11.5. The molecule has 0 aromatic rings. The van der Waals surface area contributed by atoms with E-state index in [1.54, 1.807) is 6.92 Å². The highest BCUT2D eigenvalue weighted by molar-refractivity contribution is 9.26. The first-order chi connectivity index (χ1) is 7.82. The third kappa shape index (κ3) is 6.41. The average Bonchev–Trinajstić information content (AvgIpc) is 2.24. The van der Waals surface area contributed by atoms with Crippen LogP contribution in [0.2, 0.25) is 0 Å². The van der Waals surface area contributed by atoms with E-state index in [2.05, 4.69) is 38.8 Å². The molecule has 0 aliphatic carbocycles. The topological polar surface area (TPSA) is 63.6 Å². The van der Waals surface area contributed by atoms with Crippen molar-refractivity contribution in [3.8, 4) is 0 Å². The number of ether oxygens (including phenoxy) is 1. The number of aliphatic carboxylic acids is 1. The number of esters is 1. The number of hydrogen-bond acceptors (Lipinski definition) is 3. The Balaban J connectivity index is 3.99. The molecule has 0 heterocycles. The maximum Gasteiger partial charge on any atom is 0.345 e. The molecule has 0 aromatic heterocycles. The predicted octanol–water partition coefficient (Wildman–Crippen LogP) is 3.46. The van der Waals surface area contributed by atoms with E-state index in [-0.39, 0.29) is 6.10 Å². The van der Waals surface area contributed by atoms with Gasteiger partial charge in [0.05, 0.1) is 6.10 Å². The van der Waals surface area contributed by atoms with Crippen molar-refractivity contribution in [2.75, 3.05) is 0 Å². The highest BCUT2D eigenvalue weighted by Crippen LogP contribution is 2.29. The second-order valence-corrected chi connectivity index (χ2v) is 7.39. The van der Waals surface area contributed by atoms with Crippen molar-refractivity contribution >= 4 is 43.8 Å². The zero-order valence-corrected chi connectivity index (χ0v) is 13.2. The lowest BCUT2D eigenvalue weighted by Crippen LogP contribution is -2.37. The molecular formula is C11H18Br2O4. The molecule has 1 N–H and O–H groups in total. The number of rotatable bonds is 8. The molecule has 0 aliphatic heterocycles. The van der Waals surface area contributed by atoms with Crippen molar-refractivity contribution < 1.29 is 19.4 Å². The van der Waals surface area contributed by atoms with Gasteiger partial charge in [0.25, 0.3) is 3.23 Å². The number of carbonyl (C=O) groups excluding carboxylic acids is 1. The smallest absolute Gasteiger partial charge is 0.345 e. The Morgan fingerprint density at radius 3 is 2.35 bits per heavy atom. The highest BCUT2D eigenvalue weighted by Gasteiger charge is 2.43. The number of carbonyl (C=O) groups is 2. The number of alkyl halides is 2. The zero-order valence-electron chi connectivity index (χ0n) is 10.0. The first kappa shape index (κ1) is 16.9. The fraction of sp³-hybridized carbons (Fsp3) is 0.818. The van der Waals surface area contributed by atoms with E-state index >= 15 is 0 Å². The number of carboxylic acids is 1. The van der Waals surface area contributed by atoms with Gasteiger partial charge in [-0.2, -0.15) is 0 Å². The molecule has 1 atom stereocenters. The van der Waals surface area contributed by atoms with E-state index in [9.17, 15) is 9.59 Å². The summed E-state index contributed by atoms with van der Waals surface area (Å²) >= 11 is 5.55. The van der Waals surface area contributed by atoms with Gasteiger partial charge in [-0.15, -0.1) is 0 Å². The molecule has 1 unspecified atom stereocenters. The number of unbranched alkanes of at least 4 members (excludes halogenated alkanes) is 3. The van der Waals surface area contributed by atoms with E-state index in [0.717, 1.165) is 32.1 Å². The third-order valence-corrected chi connectivity index (χ3v) is 3.62. The average molecular weight is 374 g/mol. The summed E-state index contributed by atoms with van der Waals surface area (Å²) in [6.07, 6.45) is 4.88. The Labute approximate surface area is 118 Å². The lowest BCUT2D eigenvalue weighted by molar-refractivity contribution is -0.154. The quantitative estimate of drug-likeness (QED) is 0.306. The Kier molecular flexibility index (Phi) is 8.03. The molecule has 0 aromatic carbocycles. The summed E-state index contributed by atoms with van der Waals surface area (Å²) in [6, 6.07) is 0. The minimum absolute atomic E-state index is 0.270. The summed E-state index contributed by atoms with van der Waals surface area (Å²) in [6.45, 7) is 3.89. The minimum Gasteiger partial charge on any atom is -0.479 e. The third-order valence-electron chi connectivity index (χ3n) is 2.30. The van der Waals surface area contributed by atoms with Crippen LogP contribution < -0.4 is 0 Å². The fourth-order valence-electron chi connectivity index (χ4n) is 1.26. The molecule has 0 bridgehead atoms. The van der Waals surface area contributed by atoms with Gasteiger partial charge in [0.1, 0.15) is 0 Å². The maximum atomic E-state index is 11.5. The summed E-state index contributed by atoms with van der Waals surface area (Å²) in [5, 5.41) is 8.78. The molecule has 100 valence electrons. The van der Waals surface area contributed by atoms with Gasteiger partial charge in [0, 0.05) is 0 Å². The van der Waals surface area contributed by atoms with Crippen LogP contribution in [0.3, 0.4) is 0 Å². The van der Waals surface area contributed by atoms with Gasteiger partial charge in [-0.3, -0.25) is 0 Å². The lowest BCUT2D eigenvalue weighted by atomic mass is 10.1. The van der Waals surface area contributed by atoms with Crippen molar-refractivity contribution in [3.63, 3.8) is 0 Å². The molecule has 0 amide bonds. The van der Waals surface area contributed by atoms with Crippen LogP contribution in [0.25, 0.3) is 0 Å². The van der Waals surface area contributed by atoms with Gasteiger partial charge in [0.15, 0.2) is 0 Å². The van der Waals surface area contributed by atoms with E-state index in [0.29, 0.717) is 0 Å². The largest absolute Gasteiger partial charge is 0.479 e. The van der Waals surface area contributed by atoms with Crippen molar-refractivity contribution in [2.24, 2.45) is 0 Å². The molecule has 4 nitrogen and oxygen atoms in total. The van der Waals surface area contributed by atoms with Gasteiger partial charge in [-0.1, -0.05) is 26.2 Å². The number of hydrogen-bond donors (Lipinski definition) is 1. The molecule has 17 heavy (non-hydrogen) atoms. The van der Waals surface area contributed by atoms with Crippen LogP contribution in [0.5, 0.6) is 0 Å². The predicted molar refractivity (Wildman–Crippen MR) is 72.5 cm³/mol. The summed E-state index contributed by atoms with van der Waals surface area (Å²) < 4.78 is 3.21. The first-order valence-corrected chi connectivity index (χ1v) is 7.23. The zero-order chi connectivity index (χ0) is 13.5. The summed E-state index contributed by atoms with van der Waals surface area (Å²) in [7, 11) is 0. The van der Waals surface area contributed by atoms with Crippen LogP contribution >= 0.6 is 31.9 Å². The second-order valence-electron chi connectivity index (χ2n) is 3.94. The van der Waals surface area contributed by atoms with Crippen molar-refractivity contribution in [1.82, 2.24) is 0 Å². The van der Waals surface area contributed by atoms with Gasteiger partial charge in [-0.05, 0) is 51.6 Å². The van der Waals surface area contributed by atoms with Crippen molar-refractivity contribution in [1.29, 1.82) is 0 Å². The van der Waals surface area contributed by atoms with E-state index in [1.807, 2.05) is 0 Å². The normalized spacial score (nSPS) is 13.2. The molecule has 0 aliphatic rings. The lowest BCUT2D eigenvalue weighted by Gasteiger charge is -2.18. The Morgan fingerprint density at radius 2 is 1.88 bits per heavy atom. The van der Waals surface area contributed by atoms with Crippen LogP contribution in [-0.2, 0) is 14.3 Å². The molecule has 0 rings (SSSR count). The Bertz CT molecular complexity index is 266. The molecule has 6 heteroatoms. The van der Waals surface area contributed by atoms with Gasteiger partial charge in [0.2, 0.25) is 0 Å². The van der Waals surface area contributed by atoms with Gasteiger partial charge < -0.3 is 9.84 Å². The Morgan fingerprint density at radius 1 is 1.29 bits per heavy atom. The number of halogens is 2. The van der Waals surface area contributed by atoms with Crippen LogP contribution in [0, 0.1) is 0 Å². The van der Waals surface area contributed by atoms with E-state index in [4.69, 9.17) is 9.84 Å². The SMILES string of the molecule is CCCCCCC(C)OC(=O)C(Br)(Br)C(=O)O. The summed E-state index contributed by atoms with van der Waals surface area (Å²) in [5.74, 6) is -2.14. The van der Waals surface area contributed by atoms with E-state index < -0.39 is 15.2 Å². The van der Waals surface area contributed by atoms with Crippen LogP contribution in [0.15, 0.2) is 0 Å². The van der Waals surface area contributed by atoms with Gasteiger partial charge >= 0.3 is 11.9 Å². The highest BCUT2D eigenvalue weighted by atomic mass is 79.9. The molecule has 0 radical (unpaired) electrons. The summed E-state index contributed by atoms with van der Waals surface area (Å²) in [4.78, 5) is 22.3. The summed E-state index contributed by atoms with van der Waals surface area (Å²) in [5.41, 5.74) is 0. The molecular weight excluding hydrogens is 356 g/mol. The van der Waals surface area contributed by atoms with Crippen LogP contribution in [-0.4, -0.2) is 26.4 Å². The molecule has 0 fully saturated rings. The Hall–Kier alpha value is -0.100. The van der Waals surface area contributed by atoms with Crippen LogP contribution in [0.4, 0.5) is 0 Å². The monoisotopic (exact) mass is 372 g/mol. The van der Waals surface area contributed by atoms with E-state index in [1.165, 1.54) is 0 Å². The molecule has 0 saturated heterocycles. The molecule has 0 spiro atoms. The van der Waals surface area contributed by atoms with Crippen molar-refractivity contribution in [3.05, 3.63) is 0 Å². The second kappa shape index (κ2) is 8.08. The minimum atomic E-state index is -1.84. The standard InChI is InChI=1S/C11H18Br2O4/c1-3-4-5-6-7-8(2)17-10(16)11(12,13)9(14)15/h8H,3-7H2,1-2H3,(H,14,15).